The van der Waals surface area contributed by atoms with Gasteiger partial charge < -0.3 is 19.5 Å². The van der Waals surface area contributed by atoms with Crippen LogP contribution in [0.15, 0.2) is 0 Å². The van der Waals surface area contributed by atoms with Crippen LogP contribution in [0, 0.1) is 25.5 Å². The van der Waals surface area contributed by atoms with Gasteiger partial charge in [0, 0.05) is 12.8 Å². The molecular weight excluding hydrogens is 252 g/mol. The summed E-state index contributed by atoms with van der Waals surface area (Å²) >= 11 is 0. The number of hydrogen-bond donors (Lipinski definition) is 2. The third-order valence-corrected chi connectivity index (χ3v) is 3.76. The van der Waals surface area contributed by atoms with Crippen LogP contribution in [-0.4, -0.2) is 12.6 Å². The van der Waals surface area contributed by atoms with Crippen LogP contribution in [0.1, 0.15) is 64.2 Å². The third kappa shape index (κ3) is 6.26. The topological polar surface area (TPSA) is 55.8 Å². The van der Waals surface area contributed by atoms with Gasteiger partial charge in [-0.15, -0.1) is 0 Å². The van der Waals surface area contributed by atoms with Crippen molar-refractivity contribution in [3.05, 3.63) is 25.5 Å². The Morgan fingerprint density at radius 1 is 0.650 bits per heavy atom. The molecule has 0 amide bonds. The van der Waals surface area contributed by atoms with E-state index in [1.165, 1.54) is 51.4 Å². The average molecular weight is 280 g/mol. The van der Waals surface area contributed by atoms with Crippen LogP contribution >= 0.6 is 0 Å². The number of quaternary nitrogens is 2. The zero-order chi connectivity index (χ0) is 13.9. The van der Waals surface area contributed by atoms with Crippen LogP contribution in [0.4, 0.5) is 0 Å². The molecule has 0 fully saturated rings. The molecule has 2 heterocycles. The molecule has 0 bridgehead atoms. The third-order valence-electron chi connectivity index (χ3n) is 3.76. The molecule has 0 aromatic carbocycles. The van der Waals surface area contributed by atoms with Crippen LogP contribution in [0.3, 0.4) is 0 Å². The van der Waals surface area contributed by atoms with E-state index in [0.29, 0.717) is 0 Å². The molecule has 0 aliphatic carbocycles. The van der Waals surface area contributed by atoms with Crippen molar-refractivity contribution < 1.29 is 19.5 Å². The number of hydrogen-bond acceptors (Lipinski definition) is 0. The van der Waals surface area contributed by atoms with Gasteiger partial charge in [-0.25, -0.2) is 0 Å². The molecule has 4 N–H and O–H groups in total. The van der Waals surface area contributed by atoms with E-state index in [0.717, 1.165) is 25.3 Å². The molecule has 0 atom stereocenters. The summed E-state index contributed by atoms with van der Waals surface area (Å²) in [4.78, 5) is 0. The van der Waals surface area contributed by atoms with Gasteiger partial charge in [-0.3, -0.25) is 0 Å². The molecule has 2 aliphatic rings. The normalized spacial score (nSPS) is 16.8. The van der Waals surface area contributed by atoms with Crippen LogP contribution in [0.5, 0.6) is 0 Å². The largest absolute Gasteiger partial charge is 0.428 e. The number of unbranched alkanes of at least 4 members (excludes halogenated alkanes) is 7. The molecule has 0 spiro atoms. The fraction of sp³-hybridized carbons (Fsp3) is 0.625. The summed E-state index contributed by atoms with van der Waals surface area (Å²) < 4.78 is 10.7. The Kier molecular flexibility index (Phi) is 7.28. The second-order valence-corrected chi connectivity index (χ2v) is 5.49. The molecule has 114 valence electrons. The molecule has 0 unspecified atom stereocenters. The van der Waals surface area contributed by atoms with Crippen molar-refractivity contribution in [2.45, 2.75) is 64.2 Å². The van der Waals surface area contributed by atoms with Gasteiger partial charge in [-0.2, -0.15) is 13.1 Å². The maximum atomic E-state index is 5.33. The summed E-state index contributed by atoms with van der Waals surface area (Å²) in [5, 5.41) is 4.14. The van der Waals surface area contributed by atoms with Crippen molar-refractivity contribution in [3.8, 4) is 0 Å². The number of aldehydes is 2. The number of rotatable bonds is 11. The van der Waals surface area contributed by atoms with E-state index in [1.807, 2.05) is 13.1 Å². The van der Waals surface area contributed by atoms with Crippen molar-refractivity contribution in [2.24, 2.45) is 0 Å². The molecule has 4 nitrogen and oxygen atoms in total. The fourth-order valence-electron chi connectivity index (χ4n) is 2.57. The highest BCUT2D eigenvalue weighted by molar-refractivity contribution is 5.59. The van der Waals surface area contributed by atoms with E-state index in [-0.39, 0.29) is 0 Å². The van der Waals surface area contributed by atoms with Gasteiger partial charge in [0.2, 0.25) is 0 Å². The van der Waals surface area contributed by atoms with Gasteiger partial charge in [-0.05, 0) is 0 Å². The van der Waals surface area contributed by atoms with Crippen molar-refractivity contribution in [2.75, 3.05) is 0 Å². The highest BCUT2D eigenvalue weighted by Gasteiger charge is 2.12. The summed E-state index contributed by atoms with van der Waals surface area (Å²) in [6, 6.07) is 0. The van der Waals surface area contributed by atoms with E-state index < -0.39 is 0 Å². The lowest BCUT2D eigenvalue weighted by molar-refractivity contribution is -0.714. The number of nitrogens with two attached hydrogens (primary N) is 2. The highest BCUT2D eigenvalue weighted by atomic mass is 16.4. The maximum absolute atomic E-state index is 5.33. The lowest BCUT2D eigenvalue weighted by Gasteiger charge is -2.06. The van der Waals surface area contributed by atoms with Crippen molar-refractivity contribution in [1.82, 2.24) is 0 Å². The van der Waals surface area contributed by atoms with E-state index in [9.17, 15) is 0 Å². The first-order chi connectivity index (χ1) is 9.95. The molecule has 0 saturated carbocycles. The minimum atomic E-state index is 1.09. The Bertz CT molecular complexity index is 275. The molecule has 0 aromatic heterocycles. The first-order valence-electron chi connectivity index (χ1n) is 8.00. The molecular formula is C16H28N2O2. The van der Waals surface area contributed by atoms with Crippen molar-refractivity contribution in [1.29, 1.82) is 0 Å². The standard InChI is InChI=1S/C16H28N2O2/c1(3-5-7-9-15-17-11-13-19-15)2-4-6-8-10-16-18-12-14-20-16/h11-14H,1-10,17-18H2. The predicted molar refractivity (Wildman–Crippen MR) is 77.2 cm³/mol. The second-order valence-electron chi connectivity index (χ2n) is 5.49. The maximum Gasteiger partial charge on any atom is 0.317 e. The summed E-state index contributed by atoms with van der Waals surface area (Å²) in [5.74, 6) is 0. The zero-order valence-corrected chi connectivity index (χ0v) is 12.4. The van der Waals surface area contributed by atoms with Gasteiger partial charge in [0.25, 0.3) is 0 Å². The van der Waals surface area contributed by atoms with Crippen LogP contribution < -0.4 is 10.6 Å². The van der Waals surface area contributed by atoms with Gasteiger partial charge in [0.05, 0.1) is 12.6 Å². The highest BCUT2D eigenvalue weighted by Crippen LogP contribution is 2.13. The van der Waals surface area contributed by atoms with Crippen LogP contribution in [0.2, 0.25) is 0 Å². The van der Waals surface area contributed by atoms with Gasteiger partial charge >= 0.3 is 12.5 Å². The monoisotopic (exact) mass is 280 g/mol. The van der Waals surface area contributed by atoms with Gasteiger partial charge in [0.1, 0.15) is 0 Å². The Morgan fingerprint density at radius 2 is 1.05 bits per heavy atom. The van der Waals surface area contributed by atoms with E-state index in [1.54, 1.807) is 12.6 Å². The predicted octanol–water partition coefficient (Wildman–Crippen LogP) is 0.813. The number of carbonyl (C=O) groups excluding carboxylic acids is 2. The quantitative estimate of drug-likeness (QED) is 0.244. The summed E-state index contributed by atoms with van der Waals surface area (Å²) in [5.41, 5.74) is 0. The zero-order valence-electron chi connectivity index (χ0n) is 12.4. The molecule has 2 aliphatic heterocycles. The molecule has 0 saturated heterocycles. The lowest BCUT2D eigenvalue weighted by Crippen LogP contribution is -2.80. The SMILES string of the molecule is C1=[O+][C-](CCCCCCCCCC[C-]2[NH2+][CH-]C=[O+]2)[NH2+][CH-]1. The minimum absolute atomic E-state index is 1.09. The van der Waals surface area contributed by atoms with E-state index in [2.05, 4.69) is 10.6 Å². The molecule has 20 heavy (non-hydrogen) atoms. The molecule has 2 rings (SSSR count). The van der Waals surface area contributed by atoms with Gasteiger partial charge in [0.15, 0.2) is 0 Å². The van der Waals surface area contributed by atoms with E-state index >= 15 is 0 Å². The minimum Gasteiger partial charge on any atom is -0.428 e. The Balaban J connectivity index is 1.28. The fourth-order valence-corrected chi connectivity index (χ4v) is 2.57. The molecule has 0 radical (unpaired) electrons. The first-order valence-corrected chi connectivity index (χ1v) is 8.00. The van der Waals surface area contributed by atoms with Crippen molar-refractivity contribution >= 4 is 12.6 Å². The average Bonchev–Trinajstić information content (AvgIpc) is 3.14. The summed E-state index contributed by atoms with van der Waals surface area (Å²) in [6.07, 6.45) is 18.6. The Hall–Kier alpha value is -1.26. The molecule has 4 heteroatoms. The lowest BCUT2D eigenvalue weighted by atomic mass is 10.1. The Labute approximate surface area is 122 Å². The van der Waals surface area contributed by atoms with Crippen LogP contribution in [0.25, 0.3) is 0 Å². The van der Waals surface area contributed by atoms with Crippen molar-refractivity contribution in [3.63, 3.8) is 0 Å². The van der Waals surface area contributed by atoms with Gasteiger partial charge in [-0.1, -0.05) is 51.4 Å². The summed E-state index contributed by atoms with van der Waals surface area (Å²) in [7, 11) is 0. The second kappa shape index (κ2) is 9.61. The summed E-state index contributed by atoms with van der Waals surface area (Å²) in [6.45, 7) is 3.94. The van der Waals surface area contributed by atoms with Crippen LogP contribution in [-0.2, 0) is 8.85 Å². The smallest absolute Gasteiger partial charge is 0.317 e. The Morgan fingerprint density at radius 3 is 1.40 bits per heavy atom. The first kappa shape index (κ1) is 15.1. The molecule has 0 aromatic rings. The van der Waals surface area contributed by atoms with E-state index in [4.69, 9.17) is 8.85 Å².